The molecule has 9 heteroatoms. The summed E-state index contributed by atoms with van der Waals surface area (Å²) < 4.78 is 1.93. The van der Waals surface area contributed by atoms with E-state index in [1.165, 1.54) is 24.8 Å². The van der Waals surface area contributed by atoms with Crippen molar-refractivity contribution in [1.82, 2.24) is 29.8 Å². The van der Waals surface area contributed by atoms with E-state index in [2.05, 4.69) is 15.3 Å². The summed E-state index contributed by atoms with van der Waals surface area (Å²) in [5.74, 6) is 0.495. The maximum atomic E-state index is 12.0. The molecular weight excluding hydrogens is 392 g/mol. The SMILES string of the molecule is CN1C(=O)CN(Cc2ccc(-c3ccc4c(nnn4CC4CC4)c3Cl)cn2)C1=O. The van der Waals surface area contributed by atoms with Crippen LogP contribution in [-0.2, 0) is 17.9 Å². The van der Waals surface area contributed by atoms with Gasteiger partial charge >= 0.3 is 6.03 Å². The van der Waals surface area contributed by atoms with Crippen LogP contribution in [-0.4, -0.2) is 55.3 Å². The van der Waals surface area contributed by atoms with Crippen LogP contribution in [0.2, 0.25) is 5.02 Å². The van der Waals surface area contributed by atoms with Crippen molar-refractivity contribution in [2.24, 2.45) is 5.92 Å². The Bertz CT molecular complexity index is 1120. The van der Waals surface area contributed by atoms with Gasteiger partial charge in [-0.2, -0.15) is 0 Å². The Kier molecular flexibility index (Phi) is 4.24. The number of imide groups is 1. The number of amides is 3. The number of nitrogens with zero attached hydrogens (tertiary/aromatic N) is 6. The maximum Gasteiger partial charge on any atom is 0.327 e. The Labute approximate surface area is 172 Å². The van der Waals surface area contributed by atoms with Crippen LogP contribution >= 0.6 is 11.6 Å². The summed E-state index contributed by atoms with van der Waals surface area (Å²) in [6.45, 7) is 1.25. The van der Waals surface area contributed by atoms with E-state index >= 15 is 0 Å². The van der Waals surface area contributed by atoms with Gasteiger partial charge in [0.05, 0.1) is 22.8 Å². The van der Waals surface area contributed by atoms with Crippen LogP contribution in [0.25, 0.3) is 22.2 Å². The fourth-order valence-electron chi connectivity index (χ4n) is 3.56. The molecule has 2 aromatic heterocycles. The molecule has 1 saturated heterocycles. The standard InChI is InChI=1S/C20H19ClN6O2/c1-25-17(28)11-26(20(25)29)10-14-5-4-13(8-22-14)15-6-7-16-19(18(15)21)23-24-27(16)9-12-2-3-12/h4-8,12H,2-3,9-11H2,1H3. The van der Waals surface area contributed by atoms with Crippen molar-refractivity contribution in [3.05, 3.63) is 41.2 Å². The number of benzene rings is 1. The highest BCUT2D eigenvalue weighted by Gasteiger charge is 2.33. The molecule has 8 nitrogen and oxygen atoms in total. The van der Waals surface area contributed by atoms with Gasteiger partial charge in [0.1, 0.15) is 12.1 Å². The quantitative estimate of drug-likeness (QED) is 0.604. The molecule has 1 aliphatic carbocycles. The first-order chi connectivity index (χ1) is 14.0. The molecule has 148 valence electrons. The Hall–Kier alpha value is -3.00. The molecule has 0 N–H and O–H groups in total. The molecule has 5 rings (SSSR count). The number of likely N-dealkylation sites (N-methyl/N-ethyl adjacent to an activating group) is 1. The zero-order valence-corrected chi connectivity index (χ0v) is 16.6. The van der Waals surface area contributed by atoms with Gasteiger partial charge in [-0.1, -0.05) is 28.9 Å². The van der Waals surface area contributed by atoms with Gasteiger partial charge in [0.25, 0.3) is 0 Å². The average molecular weight is 411 g/mol. The predicted molar refractivity (Wildman–Crippen MR) is 107 cm³/mol. The van der Waals surface area contributed by atoms with Gasteiger partial charge in [-0.05, 0) is 30.9 Å². The number of hydrogen-bond acceptors (Lipinski definition) is 5. The molecule has 0 radical (unpaired) electrons. The lowest BCUT2D eigenvalue weighted by Crippen LogP contribution is -2.29. The van der Waals surface area contributed by atoms with E-state index < -0.39 is 0 Å². The number of aromatic nitrogens is 4. The number of hydrogen-bond donors (Lipinski definition) is 0. The monoisotopic (exact) mass is 410 g/mol. The van der Waals surface area contributed by atoms with Gasteiger partial charge in [0.15, 0.2) is 0 Å². The third-order valence-electron chi connectivity index (χ3n) is 5.50. The first kappa shape index (κ1) is 18.1. The summed E-state index contributed by atoms with van der Waals surface area (Å²) in [4.78, 5) is 30.7. The third kappa shape index (κ3) is 3.23. The van der Waals surface area contributed by atoms with Gasteiger partial charge < -0.3 is 4.90 Å². The number of urea groups is 1. The van der Waals surface area contributed by atoms with Gasteiger partial charge in [0.2, 0.25) is 5.91 Å². The summed E-state index contributed by atoms with van der Waals surface area (Å²) in [7, 11) is 1.49. The lowest BCUT2D eigenvalue weighted by Gasteiger charge is -2.14. The molecule has 0 spiro atoms. The number of carbonyl (C=O) groups excluding carboxylic acids is 2. The van der Waals surface area contributed by atoms with Crippen LogP contribution in [0, 0.1) is 5.92 Å². The van der Waals surface area contributed by atoms with Crippen LogP contribution in [0.5, 0.6) is 0 Å². The minimum Gasteiger partial charge on any atom is -0.309 e. The van der Waals surface area contributed by atoms with Crippen molar-refractivity contribution in [1.29, 1.82) is 0 Å². The molecule has 2 fully saturated rings. The van der Waals surface area contributed by atoms with Crippen molar-refractivity contribution in [2.75, 3.05) is 13.6 Å². The fourth-order valence-corrected chi connectivity index (χ4v) is 3.87. The second kappa shape index (κ2) is 6.81. The van der Waals surface area contributed by atoms with Crippen molar-refractivity contribution in [2.45, 2.75) is 25.9 Å². The normalized spacial score (nSPS) is 17.0. The minimum absolute atomic E-state index is 0.0811. The van der Waals surface area contributed by atoms with E-state index in [-0.39, 0.29) is 25.0 Å². The highest BCUT2D eigenvalue weighted by molar-refractivity contribution is 6.37. The van der Waals surface area contributed by atoms with E-state index in [0.29, 0.717) is 22.2 Å². The number of fused-ring (bicyclic) bond motifs is 1. The topological polar surface area (TPSA) is 84.2 Å². The molecule has 1 aromatic carbocycles. The predicted octanol–water partition coefficient (Wildman–Crippen LogP) is 2.95. The molecule has 0 bridgehead atoms. The summed E-state index contributed by atoms with van der Waals surface area (Å²) in [5.41, 5.74) is 4.04. The highest BCUT2D eigenvalue weighted by Crippen LogP contribution is 2.35. The Morgan fingerprint density at radius 3 is 2.66 bits per heavy atom. The van der Waals surface area contributed by atoms with Crippen molar-refractivity contribution < 1.29 is 9.59 Å². The molecule has 1 aliphatic heterocycles. The Morgan fingerprint density at radius 1 is 1.17 bits per heavy atom. The Balaban J connectivity index is 1.38. The molecule has 3 heterocycles. The molecule has 0 unspecified atom stereocenters. The third-order valence-corrected chi connectivity index (χ3v) is 5.88. The van der Waals surface area contributed by atoms with E-state index in [1.807, 2.05) is 28.9 Å². The molecule has 1 saturated carbocycles. The molecule has 29 heavy (non-hydrogen) atoms. The van der Waals surface area contributed by atoms with Crippen LogP contribution in [0.15, 0.2) is 30.5 Å². The Morgan fingerprint density at radius 2 is 2.00 bits per heavy atom. The van der Waals surface area contributed by atoms with Crippen molar-refractivity contribution in [3.8, 4) is 11.1 Å². The van der Waals surface area contributed by atoms with E-state index in [9.17, 15) is 9.59 Å². The number of rotatable bonds is 5. The first-order valence-corrected chi connectivity index (χ1v) is 9.91. The second-order valence-electron chi connectivity index (χ2n) is 7.64. The number of pyridine rings is 1. The highest BCUT2D eigenvalue weighted by atomic mass is 35.5. The first-order valence-electron chi connectivity index (χ1n) is 9.53. The average Bonchev–Trinajstić information content (AvgIpc) is 3.40. The molecule has 0 atom stereocenters. The van der Waals surface area contributed by atoms with Gasteiger partial charge in [0, 0.05) is 30.9 Å². The van der Waals surface area contributed by atoms with Gasteiger partial charge in [-0.25, -0.2) is 9.48 Å². The second-order valence-corrected chi connectivity index (χ2v) is 8.02. The van der Waals surface area contributed by atoms with Crippen LogP contribution in [0.3, 0.4) is 0 Å². The summed E-state index contributed by atoms with van der Waals surface area (Å²) >= 11 is 6.63. The molecular formula is C20H19ClN6O2. The van der Waals surface area contributed by atoms with Crippen molar-refractivity contribution in [3.63, 3.8) is 0 Å². The van der Waals surface area contributed by atoms with E-state index in [0.717, 1.165) is 28.1 Å². The van der Waals surface area contributed by atoms with Crippen LogP contribution in [0.1, 0.15) is 18.5 Å². The fraction of sp³-hybridized carbons (Fsp3) is 0.350. The summed E-state index contributed by atoms with van der Waals surface area (Å²) in [6.07, 6.45) is 4.22. The summed E-state index contributed by atoms with van der Waals surface area (Å²) in [5, 5.41) is 9.09. The molecule has 3 aromatic rings. The number of halogens is 1. The zero-order valence-electron chi connectivity index (χ0n) is 15.9. The van der Waals surface area contributed by atoms with Crippen LogP contribution < -0.4 is 0 Å². The van der Waals surface area contributed by atoms with Gasteiger partial charge in [-0.3, -0.25) is 14.7 Å². The summed E-state index contributed by atoms with van der Waals surface area (Å²) in [6, 6.07) is 7.41. The lowest BCUT2D eigenvalue weighted by atomic mass is 10.1. The van der Waals surface area contributed by atoms with Gasteiger partial charge in [-0.15, -0.1) is 5.10 Å². The van der Waals surface area contributed by atoms with E-state index in [1.54, 1.807) is 6.20 Å². The van der Waals surface area contributed by atoms with Crippen LogP contribution in [0.4, 0.5) is 4.79 Å². The lowest BCUT2D eigenvalue weighted by molar-refractivity contribution is -0.124. The zero-order chi connectivity index (χ0) is 20.1. The smallest absolute Gasteiger partial charge is 0.309 e. The number of carbonyl (C=O) groups is 2. The van der Waals surface area contributed by atoms with E-state index in [4.69, 9.17) is 11.6 Å². The molecule has 2 aliphatic rings. The largest absolute Gasteiger partial charge is 0.327 e. The maximum absolute atomic E-state index is 12.0. The molecule has 3 amide bonds. The minimum atomic E-state index is -0.302. The van der Waals surface area contributed by atoms with Crippen molar-refractivity contribution >= 4 is 34.6 Å².